The molecule has 0 fully saturated rings. The molecule has 1 N–H and O–H groups in total. The highest BCUT2D eigenvalue weighted by atomic mass is 16.5. The zero-order valence-corrected chi connectivity index (χ0v) is 24.6. The SMILES string of the molecule is CC1(C)c2ccccc2-c2ccc(-c3ccc(-c4ccc5c(c4)NC(c4ccc6ncccc6c4)O5)c4ccccc34)cc21. The van der Waals surface area contributed by atoms with E-state index >= 15 is 0 Å². The van der Waals surface area contributed by atoms with Crippen LogP contribution in [0.3, 0.4) is 0 Å². The van der Waals surface area contributed by atoms with Crippen LogP contribution in [0.1, 0.15) is 36.8 Å². The van der Waals surface area contributed by atoms with Gasteiger partial charge in [-0.15, -0.1) is 0 Å². The first-order chi connectivity index (χ1) is 21.5. The van der Waals surface area contributed by atoms with Gasteiger partial charge in [-0.2, -0.15) is 0 Å². The van der Waals surface area contributed by atoms with E-state index in [0.29, 0.717) is 0 Å². The quantitative estimate of drug-likeness (QED) is 0.231. The highest BCUT2D eigenvalue weighted by Crippen LogP contribution is 2.50. The third-order valence-electron chi connectivity index (χ3n) is 9.57. The lowest BCUT2D eigenvalue weighted by molar-refractivity contribution is 0.260. The molecule has 1 atom stereocenters. The largest absolute Gasteiger partial charge is 0.464 e. The Bertz CT molecular complexity index is 2280. The van der Waals surface area contributed by atoms with Gasteiger partial charge in [-0.05, 0) is 91.7 Å². The second-order valence-corrected chi connectivity index (χ2v) is 12.4. The molecule has 0 saturated carbocycles. The molecular formula is C41H30N2O. The fraction of sp³-hybridized carbons (Fsp3) is 0.0976. The predicted octanol–water partition coefficient (Wildman–Crippen LogP) is 10.5. The molecule has 0 bridgehead atoms. The molecule has 7 aromatic rings. The molecule has 2 heterocycles. The summed E-state index contributed by atoms with van der Waals surface area (Å²) in [5.41, 5.74) is 13.4. The van der Waals surface area contributed by atoms with E-state index in [1.807, 2.05) is 12.3 Å². The Morgan fingerprint density at radius 2 is 1.32 bits per heavy atom. The number of nitrogens with zero attached hydrogens (tertiary/aromatic N) is 1. The number of ether oxygens (including phenoxy) is 1. The van der Waals surface area contributed by atoms with Crippen molar-refractivity contribution in [1.29, 1.82) is 0 Å². The molecule has 210 valence electrons. The van der Waals surface area contributed by atoms with Crippen LogP contribution in [0.15, 0.2) is 134 Å². The van der Waals surface area contributed by atoms with E-state index in [-0.39, 0.29) is 11.6 Å². The summed E-state index contributed by atoms with van der Waals surface area (Å²) in [6, 6.07) is 46.0. The van der Waals surface area contributed by atoms with Crippen molar-refractivity contribution in [3.63, 3.8) is 0 Å². The number of hydrogen-bond donors (Lipinski definition) is 1. The molecule has 6 aromatic carbocycles. The molecule has 2 aliphatic rings. The van der Waals surface area contributed by atoms with E-state index in [1.165, 1.54) is 49.7 Å². The van der Waals surface area contributed by atoms with Crippen LogP contribution >= 0.6 is 0 Å². The van der Waals surface area contributed by atoms with Crippen LogP contribution in [-0.4, -0.2) is 4.98 Å². The van der Waals surface area contributed by atoms with E-state index < -0.39 is 0 Å². The summed E-state index contributed by atoms with van der Waals surface area (Å²) in [6.07, 6.45) is 1.59. The highest BCUT2D eigenvalue weighted by Gasteiger charge is 2.35. The van der Waals surface area contributed by atoms with Crippen molar-refractivity contribution in [1.82, 2.24) is 4.98 Å². The Kier molecular flexibility index (Phi) is 5.31. The number of benzene rings is 6. The Hall–Kier alpha value is -5.41. The molecule has 3 heteroatoms. The topological polar surface area (TPSA) is 34.2 Å². The van der Waals surface area contributed by atoms with Crippen LogP contribution in [0.25, 0.3) is 55.1 Å². The van der Waals surface area contributed by atoms with Gasteiger partial charge < -0.3 is 10.1 Å². The molecule has 3 nitrogen and oxygen atoms in total. The maximum atomic E-state index is 6.34. The summed E-state index contributed by atoms with van der Waals surface area (Å²) >= 11 is 0. The van der Waals surface area contributed by atoms with Gasteiger partial charge in [-0.25, -0.2) is 0 Å². The standard InChI is InChI=1S/C41H30N2O/c1-41(2)35-12-6-5-11-33(35)34-16-13-25(23-36(34)41)29-17-18-30(32-10-4-3-9-31(29)32)26-15-20-39-38(24-26)43-40(44-39)28-14-19-37-27(22-28)8-7-21-42-37/h3-24,40,43H,1-2H3. The summed E-state index contributed by atoms with van der Waals surface area (Å²) in [4.78, 5) is 4.45. The Labute approximate surface area is 256 Å². The molecule has 0 radical (unpaired) electrons. The maximum absolute atomic E-state index is 6.34. The van der Waals surface area contributed by atoms with E-state index in [1.54, 1.807) is 0 Å². The van der Waals surface area contributed by atoms with E-state index in [2.05, 4.69) is 145 Å². The van der Waals surface area contributed by atoms with Crippen LogP contribution in [0.5, 0.6) is 5.75 Å². The summed E-state index contributed by atoms with van der Waals surface area (Å²) in [7, 11) is 0. The summed E-state index contributed by atoms with van der Waals surface area (Å²) in [5.74, 6) is 0.868. The van der Waals surface area contributed by atoms with Crippen molar-refractivity contribution >= 4 is 27.4 Å². The fourth-order valence-corrected chi connectivity index (χ4v) is 7.29. The monoisotopic (exact) mass is 566 g/mol. The van der Waals surface area contributed by atoms with Crippen molar-refractivity contribution in [2.45, 2.75) is 25.5 Å². The van der Waals surface area contributed by atoms with Crippen LogP contribution in [0.4, 0.5) is 5.69 Å². The molecule has 1 aliphatic carbocycles. The first-order valence-electron chi connectivity index (χ1n) is 15.2. The minimum Gasteiger partial charge on any atom is -0.464 e. The number of rotatable bonds is 3. The van der Waals surface area contributed by atoms with Gasteiger partial charge in [0.2, 0.25) is 0 Å². The number of nitrogens with one attached hydrogen (secondary N) is 1. The number of anilines is 1. The summed E-state index contributed by atoms with van der Waals surface area (Å²) in [6.45, 7) is 4.69. The molecular weight excluding hydrogens is 536 g/mol. The van der Waals surface area contributed by atoms with Gasteiger partial charge in [0.15, 0.2) is 6.23 Å². The first kappa shape index (κ1) is 25.1. The van der Waals surface area contributed by atoms with E-state index in [0.717, 1.165) is 33.5 Å². The predicted molar refractivity (Wildman–Crippen MR) is 181 cm³/mol. The first-order valence-corrected chi connectivity index (χ1v) is 15.2. The maximum Gasteiger partial charge on any atom is 0.196 e. The van der Waals surface area contributed by atoms with Crippen molar-refractivity contribution in [3.8, 4) is 39.1 Å². The van der Waals surface area contributed by atoms with Gasteiger partial charge in [-0.3, -0.25) is 4.98 Å². The van der Waals surface area contributed by atoms with Gasteiger partial charge in [0.05, 0.1) is 11.2 Å². The number of hydrogen-bond acceptors (Lipinski definition) is 3. The highest BCUT2D eigenvalue weighted by molar-refractivity contribution is 6.05. The molecule has 0 amide bonds. The average molecular weight is 567 g/mol. The van der Waals surface area contributed by atoms with Crippen LogP contribution < -0.4 is 10.1 Å². The van der Waals surface area contributed by atoms with Crippen molar-refractivity contribution in [2.24, 2.45) is 0 Å². The lowest BCUT2D eigenvalue weighted by Crippen LogP contribution is -2.14. The number of pyridine rings is 1. The van der Waals surface area contributed by atoms with E-state index in [9.17, 15) is 0 Å². The summed E-state index contributed by atoms with van der Waals surface area (Å²) in [5, 5.41) is 7.21. The Morgan fingerprint density at radius 1 is 0.614 bits per heavy atom. The van der Waals surface area contributed by atoms with Gasteiger partial charge >= 0.3 is 0 Å². The number of aromatic nitrogens is 1. The third kappa shape index (κ3) is 3.72. The smallest absolute Gasteiger partial charge is 0.196 e. The van der Waals surface area contributed by atoms with Gasteiger partial charge in [0, 0.05) is 22.6 Å². The molecule has 1 unspecified atom stereocenters. The Morgan fingerprint density at radius 3 is 2.16 bits per heavy atom. The molecule has 0 spiro atoms. The van der Waals surface area contributed by atoms with Gasteiger partial charge in [0.25, 0.3) is 0 Å². The van der Waals surface area contributed by atoms with E-state index in [4.69, 9.17) is 4.74 Å². The van der Waals surface area contributed by atoms with Crippen molar-refractivity contribution < 1.29 is 4.74 Å². The van der Waals surface area contributed by atoms with Crippen molar-refractivity contribution in [3.05, 3.63) is 150 Å². The molecule has 1 aromatic heterocycles. The molecule has 1 aliphatic heterocycles. The molecule has 9 rings (SSSR count). The lowest BCUT2D eigenvalue weighted by Gasteiger charge is -2.22. The second kappa shape index (κ2) is 9.29. The lowest BCUT2D eigenvalue weighted by atomic mass is 9.81. The molecule has 0 saturated heterocycles. The zero-order valence-electron chi connectivity index (χ0n) is 24.6. The van der Waals surface area contributed by atoms with Crippen molar-refractivity contribution in [2.75, 3.05) is 5.32 Å². The zero-order chi connectivity index (χ0) is 29.4. The van der Waals surface area contributed by atoms with Crippen LogP contribution in [-0.2, 0) is 5.41 Å². The Balaban J connectivity index is 1.09. The fourth-order valence-electron chi connectivity index (χ4n) is 7.29. The normalized spacial score (nSPS) is 15.8. The van der Waals surface area contributed by atoms with Crippen LogP contribution in [0.2, 0.25) is 0 Å². The van der Waals surface area contributed by atoms with Gasteiger partial charge in [-0.1, -0.05) is 105 Å². The van der Waals surface area contributed by atoms with Gasteiger partial charge in [0.1, 0.15) is 5.75 Å². The number of fused-ring (bicyclic) bond motifs is 6. The molecule has 44 heavy (non-hydrogen) atoms. The third-order valence-corrected chi connectivity index (χ3v) is 9.57. The summed E-state index contributed by atoms with van der Waals surface area (Å²) < 4.78 is 6.34. The minimum absolute atomic E-state index is 0.0290. The van der Waals surface area contributed by atoms with Crippen LogP contribution in [0, 0.1) is 0 Å². The minimum atomic E-state index is -0.237. The average Bonchev–Trinajstić information content (AvgIpc) is 3.60. The second-order valence-electron chi connectivity index (χ2n) is 12.4.